The van der Waals surface area contributed by atoms with Gasteiger partial charge in [-0.3, -0.25) is 4.79 Å². The quantitative estimate of drug-likeness (QED) is 0.889. The molecule has 23 heavy (non-hydrogen) atoms. The highest BCUT2D eigenvalue weighted by Gasteiger charge is 2.29. The molecule has 1 unspecified atom stereocenters. The van der Waals surface area contributed by atoms with E-state index >= 15 is 0 Å². The van der Waals surface area contributed by atoms with Gasteiger partial charge in [0.1, 0.15) is 0 Å². The zero-order chi connectivity index (χ0) is 16.6. The number of fused-ring (bicyclic) bond motifs is 1. The number of benzene rings is 1. The number of amides is 1. The van der Waals surface area contributed by atoms with Crippen molar-refractivity contribution < 1.29 is 13.2 Å². The smallest absolute Gasteiger partial charge is 0.242 e. The number of hydrogen-bond acceptors (Lipinski definition) is 4. The fourth-order valence-electron chi connectivity index (χ4n) is 3.24. The molecule has 0 bridgehead atoms. The normalized spacial score (nSPS) is 21.0. The average Bonchev–Trinajstić information content (AvgIpc) is 3.15. The van der Waals surface area contributed by atoms with Gasteiger partial charge in [-0.1, -0.05) is 6.07 Å². The number of carbonyl (C=O) groups is 1. The lowest BCUT2D eigenvalue weighted by atomic mass is 10.1. The SMILES string of the molecule is CN(C)S(=O)(=O)c1ccc2c(c1)N(C(=O)CC1CCCN1)CC2. The summed E-state index contributed by atoms with van der Waals surface area (Å²) in [5.74, 6) is 0.0718. The first-order valence-electron chi connectivity index (χ1n) is 7.99. The lowest BCUT2D eigenvalue weighted by Gasteiger charge is -2.20. The molecule has 1 saturated heterocycles. The molecule has 1 fully saturated rings. The fourth-order valence-corrected chi connectivity index (χ4v) is 4.16. The van der Waals surface area contributed by atoms with Crippen LogP contribution in [0.4, 0.5) is 5.69 Å². The molecule has 2 heterocycles. The van der Waals surface area contributed by atoms with Crippen molar-refractivity contribution in [3.8, 4) is 0 Å². The second-order valence-electron chi connectivity index (χ2n) is 6.37. The molecule has 7 heteroatoms. The lowest BCUT2D eigenvalue weighted by molar-refractivity contribution is -0.118. The molecule has 126 valence electrons. The van der Waals surface area contributed by atoms with Crippen LogP contribution < -0.4 is 10.2 Å². The summed E-state index contributed by atoms with van der Waals surface area (Å²) in [7, 11) is -0.465. The van der Waals surface area contributed by atoms with Crippen molar-refractivity contribution in [2.24, 2.45) is 0 Å². The van der Waals surface area contributed by atoms with Crippen molar-refractivity contribution in [2.45, 2.75) is 36.6 Å². The molecule has 2 aliphatic heterocycles. The standard InChI is InChI=1S/C16H23N3O3S/c1-18(2)23(21,22)14-6-5-12-7-9-19(15(12)11-14)16(20)10-13-4-3-8-17-13/h5-6,11,13,17H,3-4,7-10H2,1-2H3. The van der Waals surface area contributed by atoms with Gasteiger partial charge in [0.25, 0.3) is 0 Å². The summed E-state index contributed by atoms with van der Waals surface area (Å²) in [5, 5.41) is 3.34. The first kappa shape index (κ1) is 16.4. The van der Waals surface area contributed by atoms with Crippen molar-refractivity contribution >= 4 is 21.6 Å². The van der Waals surface area contributed by atoms with Crippen LogP contribution in [0.5, 0.6) is 0 Å². The van der Waals surface area contributed by atoms with Gasteiger partial charge in [0.15, 0.2) is 0 Å². The Morgan fingerprint density at radius 1 is 1.39 bits per heavy atom. The topological polar surface area (TPSA) is 69.7 Å². The van der Waals surface area contributed by atoms with E-state index in [0.29, 0.717) is 13.0 Å². The Hall–Kier alpha value is -1.44. The Labute approximate surface area is 137 Å². The van der Waals surface area contributed by atoms with E-state index in [1.165, 1.54) is 18.4 Å². The predicted octanol–water partition coefficient (Wildman–Crippen LogP) is 0.968. The van der Waals surface area contributed by atoms with Crippen molar-refractivity contribution in [1.29, 1.82) is 0 Å². The number of sulfonamides is 1. The Morgan fingerprint density at radius 2 is 2.17 bits per heavy atom. The summed E-state index contributed by atoms with van der Waals surface area (Å²) >= 11 is 0. The first-order valence-corrected chi connectivity index (χ1v) is 9.43. The Kier molecular flexibility index (Phi) is 4.44. The third-order valence-electron chi connectivity index (χ3n) is 4.62. The highest BCUT2D eigenvalue weighted by Crippen LogP contribution is 2.32. The van der Waals surface area contributed by atoms with Crippen LogP contribution >= 0.6 is 0 Å². The van der Waals surface area contributed by atoms with Crippen molar-refractivity contribution in [1.82, 2.24) is 9.62 Å². The molecule has 1 atom stereocenters. The van der Waals surface area contributed by atoms with Crippen LogP contribution in [0, 0.1) is 0 Å². The first-order chi connectivity index (χ1) is 10.9. The van der Waals surface area contributed by atoms with Crippen LogP contribution in [0.2, 0.25) is 0 Å². The molecular formula is C16H23N3O3S. The number of carbonyl (C=O) groups excluding carboxylic acids is 1. The monoisotopic (exact) mass is 337 g/mol. The van der Waals surface area contributed by atoms with E-state index in [4.69, 9.17) is 0 Å². The number of hydrogen-bond donors (Lipinski definition) is 1. The van der Waals surface area contributed by atoms with E-state index in [1.54, 1.807) is 17.0 Å². The summed E-state index contributed by atoms with van der Waals surface area (Å²) in [6, 6.07) is 5.34. The van der Waals surface area contributed by atoms with E-state index in [0.717, 1.165) is 37.1 Å². The van der Waals surface area contributed by atoms with Crippen LogP contribution in [0.3, 0.4) is 0 Å². The van der Waals surface area contributed by atoms with Gasteiger partial charge in [-0.05, 0) is 43.5 Å². The fraction of sp³-hybridized carbons (Fsp3) is 0.562. The van der Waals surface area contributed by atoms with Crippen LogP contribution in [0.1, 0.15) is 24.8 Å². The zero-order valence-corrected chi connectivity index (χ0v) is 14.4. The Morgan fingerprint density at radius 3 is 2.83 bits per heavy atom. The second-order valence-corrected chi connectivity index (χ2v) is 8.52. The summed E-state index contributed by atoms with van der Waals surface area (Å²) in [5.41, 5.74) is 1.78. The maximum absolute atomic E-state index is 12.6. The highest BCUT2D eigenvalue weighted by atomic mass is 32.2. The van der Waals surface area contributed by atoms with Crippen LogP contribution in [0.25, 0.3) is 0 Å². The molecule has 1 aromatic rings. The predicted molar refractivity (Wildman–Crippen MR) is 89.0 cm³/mol. The van der Waals surface area contributed by atoms with Gasteiger partial charge in [-0.15, -0.1) is 0 Å². The molecule has 0 spiro atoms. The van der Waals surface area contributed by atoms with Crippen molar-refractivity contribution in [3.05, 3.63) is 23.8 Å². The van der Waals surface area contributed by atoms with Crippen molar-refractivity contribution in [2.75, 3.05) is 32.1 Å². The minimum Gasteiger partial charge on any atom is -0.313 e. The number of nitrogens with zero attached hydrogens (tertiary/aromatic N) is 2. The van der Waals surface area contributed by atoms with Crippen LogP contribution in [0.15, 0.2) is 23.1 Å². The number of rotatable bonds is 4. The van der Waals surface area contributed by atoms with Gasteiger partial charge in [0.05, 0.1) is 4.90 Å². The molecule has 0 saturated carbocycles. The Bertz CT molecular complexity index is 709. The number of nitrogens with one attached hydrogen (secondary N) is 1. The highest BCUT2D eigenvalue weighted by molar-refractivity contribution is 7.89. The summed E-state index contributed by atoms with van der Waals surface area (Å²) in [4.78, 5) is 14.6. The van der Waals surface area contributed by atoms with Gasteiger partial charge < -0.3 is 10.2 Å². The van der Waals surface area contributed by atoms with Gasteiger partial charge in [-0.2, -0.15) is 0 Å². The van der Waals surface area contributed by atoms with E-state index in [9.17, 15) is 13.2 Å². The van der Waals surface area contributed by atoms with Gasteiger partial charge in [-0.25, -0.2) is 12.7 Å². The molecule has 6 nitrogen and oxygen atoms in total. The molecule has 3 rings (SSSR count). The molecule has 0 radical (unpaired) electrons. The third-order valence-corrected chi connectivity index (χ3v) is 6.43. The van der Waals surface area contributed by atoms with Crippen LogP contribution in [-0.4, -0.2) is 51.9 Å². The van der Waals surface area contributed by atoms with Gasteiger partial charge in [0.2, 0.25) is 15.9 Å². The summed E-state index contributed by atoms with van der Waals surface area (Å²) < 4.78 is 25.8. The average molecular weight is 337 g/mol. The van der Waals surface area contributed by atoms with Gasteiger partial charge in [0, 0.05) is 38.8 Å². The van der Waals surface area contributed by atoms with E-state index < -0.39 is 10.0 Å². The third kappa shape index (κ3) is 3.13. The molecule has 0 aromatic heterocycles. The zero-order valence-electron chi connectivity index (χ0n) is 13.6. The summed E-state index contributed by atoms with van der Waals surface area (Å²) in [6.45, 7) is 1.60. The molecule has 1 N–H and O–H groups in total. The maximum Gasteiger partial charge on any atom is 0.242 e. The van der Waals surface area contributed by atoms with E-state index in [-0.39, 0.29) is 16.8 Å². The lowest BCUT2D eigenvalue weighted by Crippen LogP contribution is -2.35. The minimum atomic E-state index is -3.49. The Balaban J connectivity index is 1.85. The number of anilines is 1. The molecular weight excluding hydrogens is 314 g/mol. The minimum absolute atomic E-state index is 0.0718. The van der Waals surface area contributed by atoms with E-state index in [2.05, 4.69) is 5.32 Å². The molecule has 0 aliphatic carbocycles. The largest absolute Gasteiger partial charge is 0.313 e. The van der Waals surface area contributed by atoms with Crippen molar-refractivity contribution in [3.63, 3.8) is 0 Å². The molecule has 1 aromatic carbocycles. The van der Waals surface area contributed by atoms with Gasteiger partial charge >= 0.3 is 0 Å². The molecule has 2 aliphatic rings. The second kappa shape index (κ2) is 6.22. The summed E-state index contributed by atoms with van der Waals surface area (Å²) in [6.07, 6.45) is 3.40. The van der Waals surface area contributed by atoms with E-state index in [1.807, 2.05) is 6.07 Å². The van der Waals surface area contributed by atoms with Crippen LogP contribution in [-0.2, 0) is 21.2 Å². The molecule has 1 amide bonds. The maximum atomic E-state index is 12.6.